The van der Waals surface area contributed by atoms with Gasteiger partial charge in [-0.1, -0.05) is 63.6 Å². The highest BCUT2D eigenvalue weighted by atomic mass is 35.5. The molecule has 1 aliphatic carbocycles. The molecule has 1 saturated heterocycles. The van der Waals surface area contributed by atoms with E-state index in [9.17, 15) is 9.59 Å². The number of likely N-dealkylation sites (N-methyl/N-ethyl adjacent to an activating group) is 1. The summed E-state index contributed by atoms with van der Waals surface area (Å²) in [4.78, 5) is 35.4. The van der Waals surface area contributed by atoms with Gasteiger partial charge in [0.25, 0.3) is 0 Å². The first-order valence-electron chi connectivity index (χ1n) is 14.6. The molecule has 0 radical (unpaired) electrons. The Morgan fingerprint density at radius 3 is 2.46 bits per heavy atom. The Labute approximate surface area is 247 Å². The van der Waals surface area contributed by atoms with E-state index in [1.54, 1.807) is 0 Å². The summed E-state index contributed by atoms with van der Waals surface area (Å²) >= 11 is 6.61. The van der Waals surface area contributed by atoms with Crippen LogP contribution in [0.2, 0.25) is 5.02 Å². The van der Waals surface area contributed by atoms with Gasteiger partial charge in [-0.25, -0.2) is 4.98 Å². The Bertz CT molecular complexity index is 1480. The molecule has 0 bridgehead atoms. The Morgan fingerprint density at radius 2 is 1.83 bits per heavy atom. The minimum Gasteiger partial charge on any atom is -0.381 e. The fourth-order valence-corrected chi connectivity index (χ4v) is 6.07. The SMILES string of the molecule is CCNC(=O)C(NC(=O)C1(c2ccc3nc(/C=C(/c4ccccc4Cl)C4(C)CC4)[nH]c3c2)CCOCC1)C(C)(C)C. The Balaban J connectivity index is 1.51. The topological polar surface area (TPSA) is 96.1 Å². The van der Waals surface area contributed by atoms with Crippen LogP contribution in [0.4, 0.5) is 0 Å². The maximum absolute atomic E-state index is 14.1. The van der Waals surface area contributed by atoms with Crippen molar-refractivity contribution in [1.82, 2.24) is 20.6 Å². The number of aromatic amines is 1. The van der Waals surface area contributed by atoms with Crippen LogP contribution in [0, 0.1) is 10.8 Å². The van der Waals surface area contributed by atoms with Crippen molar-refractivity contribution in [3.05, 3.63) is 64.4 Å². The van der Waals surface area contributed by atoms with E-state index < -0.39 is 16.9 Å². The largest absolute Gasteiger partial charge is 0.381 e. The highest BCUT2D eigenvalue weighted by Gasteiger charge is 2.45. The summed E-state index contributed by atoms with van der Waals surface area (Å²) < 4.78 is 5.68. The zero-order valence-corrected chi connectivity index (χ0v) is 25.5. The summed E-state index contributed by atoms with van der Waals surface area (Å²) in [5.41, 5.74) is 3.62. The number of carbonyl (C=O) groups excluding carboxylic acids is 2. The molecule has 2 aromatic carbocycles. The number of aromatic nitrogens is 2. The Hall–Kier alpha value is -3.16. The minimum absolute atomic E-state index is 0.0764. The van der Waals surface area contributed by atoms with E-state index in [1.807, 2.05) is 64.1 Å². The summed E-state index contributed by atoms with van der Waals surface area (Å²) in [6, 6.07) is 13.3. The number of ether oxygens (including phenoxy) is 1. The number of nitrogens with zero attached hydrogens (tertiary/aromatic N) is 1. The summed E-state index contributed by atoms with van der Waals surface area (Å²) in [6.07, 6.45) is 5.41. The van der Waals surface area contributed by atoms with Gasteiger partial charge in [0, 0.05) is 24.8 Å². The van der Waals surface area contributed by atoms with Crippen LogP contribution in [0.3, 0.4) is 0 Å². The van der Waals surface area contributed by atoms with Crippen molar-refractivity contribution < 1.29 is 14.3 Å². The average molecular weight is 577 g/mol. The van der Waals surface area contributed by atoms with E-state index >= 15 is 0 Å². The number of nitrogens with one attached hydrogen (secondary N) is 3. The normalized spacial score (nSPS) is 19.0. The van der Waals surface area contributed by atoms with Crippen molar-refractivity contribution in [1.29, 1.82) is 0 Å². The highest BCUT2D eigenvalue weighted by molar-refractivity contribution is 6.32. The van der Waals surface area contributed by atoms with Crippen LogP contribution in [0.15, 0.2) is 42.5 Å². The van der Waals surface area contributed by atoms with Crippen LogP contribution >= 0.6 is 11.6 Å². The van der Waals surface area contributed by atoms with Crippen LogP contribution in [0.25, 0.3) is 22.7 Å². The predicted molar refractivity (Wildman–Crippen MR) is 165 cm³/mol. The van der Waals surface area contributed by atoms with E-state index in [-0.39, 0.29) is 17.2 Å². The van der Waals surface area contributed by atoms with Crippen molar-refractivity contribution in [3.63, 3.8) is 0 Å². The summed E-state index contributed by atoms with van der Waals surface area (Å²) in [5, 5.41) is 6.74. The van der Waals surface area contributed by atoms with Gasteiger partial charge in [-0.15, -0.1) is 0 Å². The van der Waals surface area contributed by atoms with Crippen molar-refractivity contribution in [2.45, 2.75) is 71.8 Å². The van der Waals surface area contributed by atoms with Crippen LogP contribution in [0.1, 0.15) is 77.3 Å². The molecule has 218 valence electrons. The summed E-state index contributed by atoms with van der Waals surface area (Å²) in [6.45, 7) is 11.5. The van der Waals surface area contributed by atoms with Gasteiger partial charge in [0.2, 0.25) is 11.8 Å². The maximum atomic E-state index is 14.1. The zero-order chi connectivity index (χ0) is 29.4. The van der Waals surface area contributed by atoms with Crippen LogP contribution in [-0.4, -0.2) is 47.6 Å². The van der Waals surface area contributed by atoms with Crippen molar-refractivity contribution in [2.75, 3.05) is 19.8 Å². The number of hydrogen-bond acceptors (Lipinski definition) is 4. The fourth-order valence-electron chi connectivity index (χ4n) is 5.83. The third-order valence-electron chi connectivity index (χ3n) is 8.68. The van der Waals surface area contributed by atoms with Crippen LogP contribution < -0.4 is 10.6 Å². The molecule has 1 aliphatic heterocycles. The lowest BCUT2D eigenvalue weighted by Crippen LogP contribution is -2.58. The molecule has 2 fully saturated rings. The molecule has 2 amide bonds. The Kier molecular flexibility index (Phi) is 8.05. The number of fused-ring (bicyclic) bond motifs is 1. The van der Waals surface area contributed by atoms with E-state index in [4.69, 9.17) is 21.3 Å². The molecule has 41 heavy (non-hydrogen) atoms. The number of benzene rings is 2. The number of halogens is 1. The molecule has 3 N–H and O–H groups in total. The monoisotopic (exact) mass is 576 g/mol. The lowest BCUT2D eigenvalue weighted by molar-refractivity contribution is -0.137. The third kappa shape index (κ3) is 5.93. The van der Waals surface area contributed by atoms with Crippen molar-refractivity contribution >= 4 is 46.1 Å². The molecule has 1 atom stereocenters. The summed E-state index contributed by atoms with van der Waals surface area (Å²) in [7, 11) is 0. The molecule has 1 unspecified atom stereocenters. The molecule has 2 heterocycles. The second-order valence-corrected chi connectivity index (χ2v) is 13.2. The number of H-pyrrole nitrogens is 1. The number of amides is 2. The maximum Gasteiger partial charge on any atom is 0.243 e. The number of allylic oxidation sites excluding steroid dienone is 1. The standard InChI is InChI=1S/C33H41ClN4O3/c1-6-35-29(39)28(31(2,3)4)38-30(40)33(15-17-41-18-16-33)21-11-12-25-26(19-21)37-27(36-25)20-23(32(5)13-14-32)22-9-7-8-10-24(22)34/h7-12,19-20,28H,6,13-18H2,1-5H3,(H,35,39)(H,36,37)(H,38,40)/b23-20-. The lowest BCUT2D eigenvalue weighted by atomic mass is 9.72. The molecule has 5 rings (SSSR count). The Morgan fingerprint density at radius 1 is 1.12 bits per heavy atom. The fraction of sp³-hybridized carbons (Fsp3) is 0.485. The first-order chi connectivity index (χ1) is 19.5. The number of rotatable bonds is 8. The van der Waals surface area contributed by atoms with E-state index in [2.05, 4.69) is 34.7 Å². The van der Waals surface area contributed by atoms with E-state index in [1.165, 1.54) is 5.57 Å². The highest BCUT2D eigenvalue weighted by Crippen LogP contribution is 2.56. The molecule has 3 aromatic rings. The molecular formula is C33H41ClN4O3. The van der Waals surface area contributed by atoms with E-state index in [0.29, 0.717) is 32.6 Å². The van der Waals surface area contributed by atoms with Gasteiger partial charge in [0.05, 0.1) is 16.4 Å². The first-order valence-corrected chi connectivity index (χ1v) is 15.0. The van der Waals surface area contributed by atoms with Crippen molar-refractivity contribution in [2.24, 2.45) is 10.8 Å². The van der Waals surface area contributed by atoms with E-state index in [0.717, 1.165) is 45.8 Å². The minimum atomic E-state index is -0.812. The molecule has 2 aliphatic rings. The second kappa shape index (κ2) is 11.3. The van der Waals surface area contributed by atoms with Crippen LogP contribution in [0.5, 0.6) is 0 Å². The molecule has 1 saturated carbocycles. The molecule has 1 aromatic heterocycles. The van der Waals surface area contributed by atoms with Crippen molar-refractivity contribution in [3.8, 4) is 0 Å². The molecule has 0 spiro atoms. The number of carbonyl (C=O) groups is 2. The summed E-state index contributed by atoms with van der Waals surface area (Å²) in [5.74, 6) is 0.443. The zero-order valence-electron chi connectivity index (χ0n) is 24.7. The van der Waals surface area contributed by atoms with Gasteiger partial charge in [0.15, 0.2) is 0 Å². The first kappa shape index (κ1) is 29.3. The molecular weight excluding hydrogens is 536 g/mol. The van der Waals surface area contributed by atoms with Crippen LogP contribution in [-0.2, 0) is 19.7 Å². The number of hydrogen-bond donors (Lipinski definition) is 3. The molecule has 7 nitrogen and oxygen atoms in total. The average Bonchev–Trinajstić information content (AvgIpc) is 3.55. The van der Waals surface area contributed by atoms with Gasteiger partial charge < -0.3 is 20.4 Å². The molecule has 8 heteroatoms. The smallest absolute Gasteiger partial charge is 0.243 e. The van der Waals surface area contributed by atoms with Gasteiger partial charge in [-0.2, -0.15) is 0 Å². The van der Waals surface area contributed by atoms with Gasteiger partial charge in [-0.05, 0) is 84.4 Å². The van der Waals surface area contributed by atoms with Gasteiger partial charge in [0.1, 0.15) is 11.9 Å². The second-order valence-electron chi connectivity index (χ2n) is 12.8. The number of imidazole rings is 1. The lowest BCUT2D eigenvalue weighted by Gasteiger charge is -2.39. The quantitative estimate of drug-likeness (QED) is 0.294. The third-order valence-corrected chi connectivity index (χ3v) is 9.01. The van der Waals surface area contributed by atoms with Gasteiger partial charge in [-0.3, -0.25) is 9.59 Å². The van der Waals surface area contributed by atoms with Gasteiger partial charge >= 0.3 is 0 Å². The predicted octanol–water partition coefficient (Wildman–Crippen LogP) is 6.27.